The number of hydrogen-bond acceptors (Lipinski definition) is 8. The number of pyridine rings is 1. The van der Waals surface area contributed by atoms with Crippen LogP contribution in [-0.4, -0.2) is 80.5 Å². The number of piperazine rings is 1. The van der Waals surface area contributed by atoms with Crippen LogP contribution in [-0.2, 0) is 0 Å². The standard InChI is InChI=1S/C34H35BrF2N6O2/c35-25-5-1-4-19-12-22(44)13-23(27(19)25)29-28(36)30-24(14-38-29)31(42-15-20-7-8-21(16-42)39-20)41-32(40-30)45-18-33-9-3-11-43(33)26-6-2-10-34(26,37)17-33/h1,4-5,12-14,20-21,26,39,44H,2-3,6-11,15-18H2. The average Bonchev–Trinajstić information content (AvgIpc) is 3.74. The molecule has 9 rings (SSSR count). The maximum absolute atomic E-state index is 16.8. The highest BCUT2D eigenvalue weighted by molar-refractivity contribution is 9.10. The first-order valence-corrected chi connectivity index (χ1v) is 17.0. The van der Waals surface area contributed by atoms with E-state index in [2.05, 4.69) is 41.0 Å². The Hall–Kier alpha value is -3.15. The minimum absolute atomic E-state index is 0.0212. The summed E-state index contributed by atoms with van der Waals surface area (Å²) < 4.78 is 40.0. The number of phenolic OH excluding ortho intramolecular Hbond substituents is 1. The third-order valence-electron chi connectivity index (χ3n) is 11.1. The maximum Gasteiger partial charge on any atom is 0.319 e. The summed E-state index contributed by atoms with van der Waals surface area (Å²) in [6.07, 6.45) is 8.61. The van der Waals surface area contributed by atoms with E-state index in [0.717, 1.165) is 73.4 Å². The number of aromatic nitrogens is 3. The molecule has 6 heterocycles. The number of ether oxygens (including phenoxy) is 1. The Balaban J connectivity index is 1.15. The average molecular weight is 678 g/mol. The van der Waals surface area contributed by atoms with Crippen LogP contribution in [0.4, 0.5) is 14.6 Å². The molecule has 11 heteroatoms. The summed E-state index contributed by atoms with van der Waals surface area (Å²) >= 11 is 3.61. The molecular weight excluding hydrogens is 642 g/mol. The molecule has 1 saturated carbocycles. The Morgan fingerprint density at radius 3 is 2.78 bits per heavy atom. The molecule has 8 nitrogen and oxygen atoms in total. The van der Waals surface area contributed by atoms with Crippen molar-refractivity contribution in [3.63, 3.8) is 0 Å². The lowest BCUT2D eigenvalue weighted by Crippen LogP contribution is -2.51. The summed E-state index contributed by atoms with van der Waals surface area (Å²) in [5.74, 6) is 0.0350. The Morgan fingerprint density at radius 2 is 1.93 bits per heavy atom. The molecule has 0 spiro atoms. The maximum atomic E-state index is 16.8. The highest BCUT2D eigenvalue weighted by atomic mass is 79.9. The Bertz CT molecular complexity index is 1850. The molecule has 2 bridgehead atoms. The van der Waals surface area contributed by atoms with E-state index >= 15 is 8.78 Å². The lowest BCUT2D eigenvalue weighted by molar-refractivity contribution is 0.0811. The first-order valence-electron chi connectivity index (χ1n) is 16.2. The van der Waals surface area contributed by atoms with Gasteiger partial charge in [0, 0.05) is 59.3 Å². The smallest absolute Gasteiger partial charge is 0.319 e. The predicted molar refractivity (Wildman–Crippen MR) is 172 cm³/mol. The highest BCUT2D eigenvalue weighted by Gasteiger charge is 2.63. The molecular formula is C34H35BrF2N6O2. The van der Waals surface area contributed by atoms with Crippen molar-refractivity contribution in [1.29, 1.82) is 0 Å². The van der Waals surface area contributed by atoms with Gasteiger partial charge in [0.1, 0.15) is 35.1 Å². The van der Waals surface area contributed by atoms with Crippen molar-refractivity contribution in [1.82, 2.24) is 25.2 Å². The minimum Gasteiger partial charge on any atom is -0.508 e. The summed E-state index contributed by atoms with van der Waals surface area (Å²) in [5.41, 5.74) is -0.868. The molecule has 4 aliphatic heterocycles. The summed E-state index contributed by atoms with van der Waals surface area (Å²) in [5, 5.41) is 16.2. The van der Waals surface area contributed by atoms with Crippen LogP contribution in [0.1, 0.15) is 51.4 Å². The van der Waals surface area contributed by atoms with Gasteiger partial charge in [0.15, 0.2) is 5.82 Å². The minimum atomic E-state index is -1.16. The van der Waals surface area contributed by atoms with E-state index < -0.39 is 11.5 Å². The van der Waals surface area contributed by atoms with Gasteiger partial charge in [-0.05, 0) is 75.1 Å². The summed E-state index contributed by atoms with van der Waals surface area (Å²) in [4.78, 5) is 18.8. The Labute approximate surface area is 268 Å². The highest BCUT2D eigenvalue weighted by Crippen LogP contribution is 2.55. The number of hydrogen-bond donors (Lipinski definition) is 2. The second-order valence-corrected chi connectivity index (χ2v) is 14.7. The number of halogens is 3. The summed E-state index contributed by atoms with van der Waals surface area (Å²) in [6, 6.07) is 9.56. The topological polar surface area (TPSA) is 86.6 Å². The second-order valence-electron chi connectivity index (χ2n) is 13.8. The number of anilines is 1. The van der Waals surface area contributed by atoms with E-state index in [1.54, 1.807) is 12.3 Å². The zero-order chi connectivity index (χ0) is 30.5. The molecule has 2 N–H and O–H groups in total. The van der Waals surface area contributed by atoms with Crippen LogP contribution in [0, 0.1) is 5.82 Å². The van der Waals surface area contributed by atoms with Crippen molar-refractivity contribution in [2.45, 2.75) is 80.7 Å². The molecule has 5 atom stereocenters. The molecule has 5 unspecified atom stereocenters. The molecule has 5 aliphatic rings. The van der Waals surface area contributed by atoms with Crippen LogP contribution in [0.2, 0.25) is 0 Å². The van der Waals surface area contributed by atoms with Crippen molar-refractivity contribution in [3.05, 3.63) is 46.8 Å². The van der Waals surface area contributed by atoms with E-state index in [1.807, 2.05) is 18.2 Å². The van der Waals surface area contributed by atoms with Gasteiger partial charge in [-0.25, -0.2) is 8.78 Å². The monoisotopic (exact) mass is 676 g/mol. The van der Waals surface area contributed by atoms with Gasteiger partial charge in [-0.1, -0.05) is 28.1 Å². The van der Waals surface area contributed by atoms with Gasteiger partial charge in [-0.15, -0.1) is 0 Å². The summed E-state index contributed by atoms with van der Waals surface area (Å²) in [6.45, 7) is 2.65. The van der Waals surface area contributed by atoms with E-state index in [0.29, 0.717) is 41.7 Å². The van der Waals surface area contributed by atoms with Crippen LogP contribution in [0.25, 0.3) is 32.9 Å². The zero-order valence-corrected chi connectivity index (χ0v) is 26.5. The Morgan fingerprint density at radius 1 is 1.09 bits per heavy atom. The van der Waals surface area contributed by atoms with Gasteiger partial charge in [0.05, 0.1) is 10.9 Å². The fourth-order valence-electron chi connectivity index (χ4n) is 9.28. The van der Waals surface area contributed by atoms with E-state index in [-0.39, 0.29) is 41.2 Å². The molecule has 1 aliphatic carbocycles. The first kappa shape index (κ1) is 28.1. The molecule has 5 fully saturated rings. The number of rotatable bonds is 5. The van der Waals surface area contributed by atoms with Gasteiger partial charge in [0.25, 0.3) is 0 Å². The zero-order valence-electron chi connectivity index (χ0n) is 24.9. The Kier molecular flexibility index (Phi) is 6.35. The van der Waals surface area contributed by atoms with Crippen LogP contribution in [0.3, 0.4) is 0 Å². The molecule has 0 amide bonds. The van der Waals surface area contributed by atoms with Crippen molar-refractivity contribution in [2.75, 3.05) is 31.1 Å². The van der Waals surface area contributed by atoms with Crippen molar-refractivity contribution >= 4 is 43.4 Å². The molecule has 2 aromatic carbocycles. The number of fused-ring (bicyclic) bond motifs is 7. The first-order chi connectivity index (χ1) is 21.8. The van der Waals surface area contributed by atoms with Crippen LogP contribution < -0.4 is 15.0 Å². The fourth-order valence-corrected chi connectivity index (χ4v) is 9.88. The van der Waals surface area contributed by atoms with Gasteiger partial charge >= 0.3 is 6.01 Å². The van der Waals surface area contributed by atoms with Crippen molar-refractivity contribution in [2.24, 2.45) is 0 Å². The number of nitrogens with zero attached hydrogens (tertiary/aromatic N) is 5. The molecule has 2 aromatic heterocycles. The molecule has 4 aromatic rings. The number of phenols is 1. The third-order valence-corrected chi connectivity index (χ3v) is 11.8. The fraction of sp³-hybridized carbons (Fsp3) is 0.500. The van der Waals surface area contributed by atoms with E-state index in [9.17, 15) is 5.11 Å². The van der Waals surface area contributed by atoms with E-state index in [4.69, 9.17) is 9.72 Å². The van der Waals surface area contributed by atoms with Gasteiger partial charge in [-0.2, -0.15) is 9.97 Å². The molecule has 45 heavy (non-hydrogen) atoms. The third kappa shape index (κ3) is 4.36. The number of nitrogens with one attached hydrogen (secondary N) is 1. The number of aromatic hydroxyl groups is 1. The SMILES string of the molecule is Oc1cc(-c2ncc3c(N4CC5CCC(C4)N5)nc(OCC45CCCN4C4CCCC4(F)C5)nc3c2F)c2c(Br)cccc2c1. The summed E-state index contributed by atoms with van der Waals surface area (Å²) in [7, 11) is 0. The van der Waals surface area contributed by atoms with E-state index in [1.165, 1.54) is 6.07 Å². The normalized spacial score (nSPS) is 30.8. The predicted octanol–water partition coefficient (Wildman–Crippen LogP) is 6.27. The quantitative estimate of drug-likeness (QED) is 0.256. The van der Waals surface area contributed by atoms with Gasteiger partial charge in [-0.3, -0.25) is 9.88 Å². The van der Waals surface area contributed by atoms with Crippen molar-refractivity contribution in [3.8, 4) is 23.0 Å². The number of benzene rings is 2. The lowest BCUT2D eigenvalue weighted by atomic mass is 9.88. The lowest BCUT2D eigenvalue weighted by Gasteiger charge is -2.35. The van der Waals surface area contributed by atoms with Crippen molar-refractivity contribution < 1.29 is 18.6 Å². The van der Waals surface area contributed by atoms with Crippen LogP contribution >= 0.6 is 15.9 Å². The van der Waals surface area contributed by atoms with Gasteiger partial charge in [0.2, 0.25) is 0 Å². The second kappa shape index (κ2) is 10.2. The van der Waals surface area contributed by atoms with Crippen LogP contribution in [0.5, 0.6) is 11.8 Å². The van der Waals surface area contributed by atoms with Crippen LogP contribution in [0.15, 0.2) is 41.0 Å². The largest absolute Gasteiger partial charge is 0.508 e. The number of alkyl halides is 1. The molecule has 234 valence electrons. The van der Waals surface area contributed by atoms with Gasteiger partial charge < -0.3 is 20.1 Å². The molecule has 0 radical (unpaired) electrons. The molecule has 4 saturated heterocycles.